The van der Waals surface area contributed by atoms with Gasteiger partial charge in [0.15, 0.2) is 0 Å². The number of piperazine rings is 1. The van der Waals surface area contributed by atoms with Gasteiger partial charge in [-0.25, -0.2) is 9.37 Å². The molecule has 5 rings (SSSR count). The number of aromatic nitrogens is 3. The molecule has 1 saturated heterocycles. The number of aromatic amines is 2. The van der Waals surface area contributed by atoms with Crippen LogP contribution in [-0.2, 0) is 0 Å². The number of pyridine rings is 1. The van der Waals surface area contributed by atoms with Gasteiger partial charge < -0.3 is 20.6 Å². The number of hydrogen-bond acceptors (Lipinski definition) is 5. The van der Waals surface area contributed by atoms with Crippen molar-refractivity contribution in [2.75, 3.05) is 43.4 Å². The largest absolute Gasteiger partial charge is 0.397 e. The maximum Gasteiger partial charge on any atom is 0.261 e. The average Bonchev–Trinajstić information content (AvgIpc) is 3.17. The van der Waals surface area contributed by atoms with Crippen LogP contribution in [0.15, 0.2) is 41.2 Å². The van der Waals surface area contributed by atoms with Gasteiger partial charge in [0.2, 0.25) is 0 Å². The van der Waals surface area contributed by atoms with E-state index >= 15 is 0 Å². The molecule has 0 atom stereocenters. The molecule has 4 N–H and O–H groups in total. The van der Waals surface area contributed by atoms with E-state index in [0.717, 1.165) is 49.4 Å². The second-order valence-corrected chi connectivity index (χ2v) is 8.02. The molecule has 1 aliphatic heterocycles. The Morgan fingerprint density at radius 1 is 1.10 bits per heavy atom. The number of rotatable bonds is 4. The molecule has 2 aromatic carbocycles. The minimum absolute atomic E-state index is 0.0863. The molecule has 160 valence electrons. The number of nitrogen functional groups attached to an aromatic ring is 1. The van der Waals surface area contributed by atoms with E-state index in [1.807, 2.05) is 12.1 Å². The highest BCUT2D eigenvalue weighted by atomic mass is 19.1. The molecule has 8 heteroatoms. The lowest BCUT2D eigenvalue weighted by molar-refractivity contribution is 0.258. The lowest BCUT2D eigenvalue weighted by Crippen LogP contribution is -2.46. The Bertz CT molecular complexity index is 1320. The number of hydrogen-bond donors (Lipinski definition) is 3. The van der Waals surface area contributed by atoms with Crippen molar-refractivity contribution in [1.29, 1.82) is 0 Å². The molecule has 1 aliphatic rings. The van der Waals surface area contributed by atoms with E-state index in [-0.39, 0.29) is 16.6 Å². The Hall–Kier alpha value is -3.39. The predicted molar refractivity (Wildman–Crippen MR) is 123 cm³/mol. The summed E-state index contributed by atoms with van der Waals surface area (Å²) in [6, 6.07) is 10.5. The summed E-state index contributed by atoms with van der Waals surface area (Å²) >= 11 is 0. The van der Waals surface area contributed by atoms with Crippen LogP contribution in [0.3, 0.4) is 0 Å². The Morgan fingerprint density at radius 2 is 1.90 bits per heavy atom. The van der Waals surface area contributed by atoms with E-state index in [1.165, 1.54) is 18.6 Å². The van der Waals surface area contributed by atoms with E-state index in [1.54, 1.807) is 6.07 Å². The third kappa shape index (κ3) is 3.42. The van der Waals surface area contributed by atoms with Gasteiger partial charge in [0.25, 0.3) is 5.56 Å². The zero-order valence-electron chi connectivity index (χ0n) is 17.4. The summed E-state index contributed by atoms with van der Waals surface area (Å²) in [5, 5.41) is 0.197. The van der Waals surface area contributed by atoms with Crippen molar-refractivity contribution in [3.8, 4) is 11.4 Å². The maximum absolute atomic E-state index is 14.4. The number of benzene rings is 2. The SMILES string of the molecule is CCCN1CCN(c2ccc3nc(-c4c(N)c5c(F)cccc5[nH]c4=O)[nH]c3c2)CC1. The molecule has 2 aromatic heterocycles. The predicted octanol–water partition coefficient (Wildman–Crippen LogP) is 3.32. The van der Waals surface area contributed by atoms with Crippen molar-refractivity contribution in [2.24, 2.45) is 0 Å². The normalized spacial score (nSPS) is 15.2. The molecule has 4 aromatic rings. The number of nitrogens with two attached hydrogens (primary N) is 1. The summed E-state index contributed by atoms with van der Waals surface area (Å²) < 4.78 is 14.4. The van der Waals surface area contributed by atoms with Crippen LogP contribution in [0.1, 0.15) is 13.3 Å². The molecule has 0 amide bonds. The van der Waals surface area contributed by atoms with Gasteiger partial charge in [-0.15, -0.1) is 0 Å². The van der Waals surface area contributed by atoms with Crippen LogP contribution in [0, 0.1) is 5.82 Å². The fourth-order valence-electron chi connectivity index (χ4n) is 4.43. The lowest BCUT2D eigenvalue weighted by atomic mass is 10.1. The van der Waals surface area contributed by atoms with Crippen LogP contribution < -0.4 is 16.2 Å². The molecule has 0 unspecified atom stereocenters. The fraction of sp³-hybridized carbons (Fsp3) is 0.304. The van der Waals surface area contributed by atoms with Crippen LogP contribution >= 0.6 is 0 Å². The first-order valence-electron chi connectivity index (χ1n) is 10.6. The van der Waals surface area contributed by atoms with E-state index in [9.17, 15) is 9.18 Å². The molecule has 1 fully saturated rings. The van der Waals surface area contributed by atoms with E-state index < -0.39 is 11.4 Å². The van der Waals surface area contributed by atoms with Crippen molar-refractivity contribution in [3.63, 3.8) is 0 Å². The molecule has 0 bridgehead atoms. The summed E-state index contributed by atoms with van der Waals surface area (Å²) in [4.78, 5) is 28.0. The number of anilines is 2. The Morgan fingerprint density at radius 3 is 2.68 bits per heavy atom. The summed E-state index contributed by atoms with van der Waals surface area (Å²) in [6.45, 7) is 7.40. The van der Waals surface area contributed by atoms with Gasteiger partial charge in [-0.2, -0.15) is 0 Å². The average molecular weight is 420 g/mol. The molecule has 0 radical (unpaired) electrons. The molecular weight excluding hydrogens is 395 g/mol. The zero-order valence-corrected chi connectivity index (χ0v) is 17.4. The van der Waals surface area contributed by atoms with Crippen molar-refractivity contribution in [2.45, 2.75) is 13.3 Å². The molecule has 31 heavy (non-hydrogen) atoms. The van der Waals surface area contributed by atoms with Crippen molar-refractivity contribution >= 4 is 33.3 Å². The number of fused-ring (bicyclic) bond motifs is 2. The summed E-state index contributed by atoms with van der Waals surface area (Å²) in [6.07, 6.45) is 1.17. The van der Waals surface area contributed by atoms with E-state index in [4.69, 9.17) is 5.73 Å². The standard InChI is InChI=1S/C23H25FN6O/c1-2-8-29-9-11-30(12-10-29)14-6-7-16-18(13-14)27-22(26-16)20-21(25)19-15(24)4-3-5-17(19)28-23(20)31/h3-7,13H,2,8-12H2,1H3,(H,26,27)(H3,25,28,31). The van der Waals surface area contributed by atoms with Gasteiger partial charge in [0.05, 0.1) is 27.6 Å². The topological polar surface area (TPSA) is 94.0 Å². The zero-order chi connectivity index (χ0) is 21.5. The van der Waals surface area contributed by atoms with Gasteiger partial charge in [-0.3, -0.25) is 9.69 Å². The maximum atomic E-state index is 14.4. The van der Waals surface area contributed by atoms with Crippen molar-refractivity contribution in [1.82, 2.24) is 19.9 Å². The van der Waals surface area contributed by atoms with Crippen LogP contribution in [0.25, 0.3) is 33.3 Å². The number of nitrogens with one attached hydrogen (secondary N) is 2. The fourth-order valence-corrected chi connectivity index (χ4v) is 4.43. The second-order valence-electron chi connectivity index (χ2n) is 8.02. The third-order valence-corrected chi connectivity index (χ3v) is 6.01. The van der Waals surface area contributed by atoms with Gasteiger partial charge >= 0.3 is 0 Å². The quantitative estimate of drug-likeness (QED) is 0.471. The second kappa shape index (κ2) is 7.70. The molecule has 7 nitrogen and oxygen atoms in total. The molecular formula is C23H25FN6O. The van der Waals surface area contributed by atoms with Gasteiger partial charge in [0.1, 0.15) is 17.2 Å². The Kier molecular flexibility index (Phi) is 4.86. The Labute approximate surface area is 178 Å². The molecule has 0 aliphatic carbocycles. The molecule has 0 saturated carbocycles. The highest BCUT2D eigenvalue weighted by molar-refractivity contribution is 5.98. The third-order valence-electron chi connectivity index (χ3n) is 6.01. The number of imidazole rings is 1. The first-order chi connectivity index (χ1) is 15.0. The van der Waals surface area contributed by atoms with Crippen molar-refractivity contribution < 1.29 is 4.39 Å². The van der Waals surface area contributed by atoms with E-state index in [0.29, 0.717) is 11.3 Å². The van der Waals surface area contributed by atoms with Gasteiger partial charge in [-0.05, 0) is 43.3 Å². The van der Waals surface area contributed by atoms with Gasteiger partial charge in [0, 0.05) is 31.9 Å². The number of H-pyrrole nitrogens is 2. The first kappa shape index (κ1) is 19.6. The van der Waals surface area contributed by atoms with Crippen molar-refractivity contribution in [3.05, 3.63) is 52.6 Å². The summed E-state index contributed by atoms with van der Waals surface area (Å²) in [5.41, 5.74) is 9.10. The first-order valence-corrected chi connectivity index (χ1v) is 10.6. The summed E-state index contributed by atoms with van der Waals surface area (Å²) in [5.74, 6) is -0.142. The van der Waals surface area contributed by atoms with Crippen LogP contribution in [0.5, 0.6) is 0 Å². The van der Waals surface area contributed by atoms with Crippen LogP contribution in [0.4, 0.5) is 15.8 Å². The smallest absolute Gasteiger partial charge is 0.261 e. The minimum atomic E-state index is -0.479. The Balaban J connectivity index is 1.52. The van der Waals surface area contributed by atoms with E-state index in [2.05, 4.69) is 37.7 Å². The highest BCUT2D eigenvalue weighted by Crippen LogP contribution is 2.30. The molecule has 3 heterocycles. The minimum Gasteiger partial charge on any atom is -0.397 e. The van der Waals surface area contributed by atoms with Gasteiger partial charge in [-0.1, -0.05) is 13.0 Å². The lowest BCUT2D eigenvalue weighted by Gasteiger charge is -2.36. The monoisotopic (exact) mass is 420 g/mol. The number of nitrogens with zero attached hydrogens (tertiary/aromatic N) is 3. The highest BCUT2D eigenvalue weighted by Gasteiger charge is 2.20. The van der Waals surface area contributed by atoms with Crippen LogP contribution in [-0.4, -0.2) is 52.6 Å². The summed E-state index contributed by atoms with van der Waals surface area (Å²) in [7, 11) is 0. The number of halogens is 1. The van der Waals surface area contributed by atoms with Crippen LogP contribution in [0.2, 0.25) is 0 Å². The molecule has 0 spiro atoms.